The second kappa shape index (κ2) is 6.40. The fourth-order valence-corrected chi connectivity index (χ4v) is 3.24. The quantitative estimate of drug-likeness (QED) is 0.803. The Kier molecular flexibility index (Phi) is 4.83. The zero-order valence-corrected chi connectivity index (χ0v) is 12.1. The Labute approximate surface area is 115 Å². The molecule has 0 aromatic heterocycles. The van der Waals surface area contributed by atoms with Crippen molar-refractivity contribution in [2.45, 2.75) is 70.9 Å². The van der Waals surface area contributed by atoms with Gasteiger partial charge in [-0.05, 0) is 25.2 Å². The molecule has 2 unspecified atom stereocenters. The number of hydrogen-bond donors (Lipinski definition) is 2. The number of amides is 2. The third kappa shape index (κ3) is 3.71. The first-order chi connectivity index (χ1) is 9.08. The molecule has 2 aliphatic rings. The van der Waals surface area contributed by atoms with Gasteiger partial charge in [-0.25, -0.2) is 0 Å². The Morgan fingerprint density at radius 1 is 1.00 bits per heavy atom. The summed E-state index contributed by atoms with van der Waals surface area (Å²) in [6.07, 6.45) is 7.21. The minimum absolute atomic E-state index is 0.00937. The molecule has 1 aliphatic carbocycles. The third-order valence-electron chi connectivity index (χ3n) is 4.27. The molecule has 2 rings (SSSR count). The van der Waals surface area contributed by atoms with Gasteiger partial charge in [0.05, 0.1) is 5.92 Å². The van der Waals surface area contributed by atoms with Gasteiger partial charge in [-0.2, -0.15) is 0 Å². The molecule has 0 spiro atoms. The van der Waals surface area contributed by atoms with E-state index in [1.54, 1.807) is 0 Å². The van der Waals surface area contributed by atoms with E-state index >= 15 is 0 Å². The standard InChI is InChI=1S/C15H26N2O2/c1-10(2)9-13-15(19)16-12-8-6-4-3-5-7-11(12)14(18)17-13/h10-13H,3-9H2,1-2H3,(H,16,19)(H,17,18)/t11?,12?,13-/m0/s1. The highest BCUT2D eigenvalue weighted by molar-refractivity contribution is 5.91. The van der Waals surface area contributed by atoms with Crippen LogP contribution in [0.3, 0.4) is 0 Å². The predicted molar refractivity (Wildman–Crippen MR) is 74.5 cm³/mol. The van der Waals surface area contributed by atoms with Crippen LogP contribution in [0.4, 0.5) is 0 Å². The van der Waals surface area contributed by atoms with Gasteiger partial charge >= 0.3 is 0 Å². The molecule has 0 aromatic rings. The van der Waals surface area contributed by atoms with Crippen LogP contribution in [-0.4, -0.2) is 23.9 Å². The van der Waals surface area contributed by atoms with Gasteiger partial charge in [-0.1, -0.05) is 39.5 Å². The molecule has 2 amide bonds. The lowest BCUT2D eigenvalue weighted by molar-refractivity contribution is -0.128. The first kappa shape index (κ1) is 14.4. The van der Waals surface area contributed by atoms with Gasteiger partial charge in [-0.15, -0.1) is 0 Å². The Hall–Kier alpha value is -1.06. The molecule has 0 bridgehead atoms. The number of fused-ring (bicyclic) bond motifs is 1. The Balaban J connectivity index is 2.10. The maximum absolute atomic E-state index is 12.3. The van der Waals surface area contributed by atoms with Crippen LogP contribution in [-0.2, 0) is 9.59 Å². The fraction of sp³-hybridized carbons (Fsp3) is 0.867. The molecule has 108 valence electrons. The molecule has 4 heteroatoms. The zero-order valence-electron chi connectivity index (χ0n) is 12.1. The summed E-state index contributed by atoms with van der Waals surface area (Å²) in [6, 6.07) is -0.300. The number of rotatable bonds is 2. The highest BCUT2D eigenvalue weighted by Crippen LogP contribution is 2.25. The monoisotopic (exact) mass is 266 g/mol. The first-order valence-electron chi connectivity index (χ1n) is 7.68. The van der Waals surface area contributed by atoms with Crippen LogP contribution < -0.4 is 10.6 Å². The van der Waals surface area contributed by atoms with Crippen molar-refractivity contribution in [2.24, 2.45) is 11.8 Å². The lowest BCUT2D eigenvalue weighted by Gasteiger charge is -2.26. The van der Waals surface area contributed by atoms with Gasteiger partial charge < -0.3 is 10.6 Å². The lowest BCUT2D eigenvalue weighted by Crippen LogP contribution is -2.44. The molecule has 0 radical (unpaired) electrons. The maximum atomic E-state index is 12.3. The summed E-state index contributed by atoms with van der Waals surface area (Å²) in [6.45, 7) is 4.15. The van der Waals surface area contributed by atoms with Crippen molar-refractivity contribution in [1.82, 2.24) is 10.6 Å². The van der Waals surface area contributed by atoms with E-state index in [4.69, 9.17) is 0 Å². The minimum atomic E-state index is -0.347. The molecule has 1 saturated carbocycles. The van der Waals surface area contributed by atoms with Crippen LogP contribution in [0, 0.1) is 11.8 Å². The van der Waals surface area contributed by atoms with Crippen LogP contribution in [0.2, 0.25) is 0 Å². The van der Waals surface area contributed by atoms with Crippen molar-refractivity contribution in [2.75, 3.05) is 0 Å². The highest BCUT2D eigenvalue weighted by Gasteiger charge is 2.37. The molecule has 2 N–H and O–H groups in total. The minimum Gasteiger partial charge on any atom is -0.351 e. The van der Waals surface area contributed by atoms with Gasteiger partial charge in [0.15, 0.2) is 0 Å². The number of carbonyl (C=O) groups is 2. The normalized spacial score (nSPS) is 32.7. The summed E-state index contributed by atoms with van der Waals surface area (Å²) in [4.78, 5) is 24.6. The van der Waals surface area contributed by atoms with Crippen molar-refractivity contribution in [1.29, 1.82) is 0 Å². The average Bonchev–Trinajstić information content (AvgIpc) is 2.39. The molecule has 3 atom stereocenters. The van der Waals surface area contributed by atoms with E-state index in [1.807, 2.05) is 0 Å². The van der Waals surface area contributed by atoms with E-state index in [-0.39, 0.29) is 29.8 Å². The average molecular weight is 266 g/mol. The Morgan fingerprint density at radius 2 is 1.68 bits per heavy atom. The van der Waals surface area contributed by atoms with Crippen molar-refractivity contribution in [3.63, 3.8) is 0 Å². The predicted octanol–water partition coefficient (Wildman–Crippen LogP) is 1.99. The topological polar surface area (TPSA) is 58.2 Å². The van der Waals surface area contributed by atoms with E-state index in [0.717, 1.165) is 32.1 Å². The summed E-state index contributed by atoms with van der Waals surface area (Å²) in [5.41, 5.74) is 0. The van der Waals surface area contributed by atoms with Gasteiger partial charge in [0.25, 0.3) is 0 Å². The van der Waals surface area contributed by atoms with Gasteiger partial charge in [0, 0.05) is 6.04 Å². The Bertz CT molecular complexity index is 341. The summed E-state index contributed by atoms with van der Waals surface area (Å²) in [7, 11) is 0. The molecule has 1 saturated heterocycles. The molecule has 4 nitrogen and oxygen atoms in total. The second-order valence-corrected chi connectivity index (χ2v) is 6.40. The lowest BCUT2D eigenvalue weighted by atomic mass is 9.86. The van der Waals surface area contributed by atoms with E-state index in [2.05, 4.69) is 24.5 Å². The number of carbonyl (C=O) groups excluding carboxylic acids is 2. The largest absolute Gasteiger partial charge is 0.351 e. The van der Waals surface area contributed by atoms with Crippen LogP contribution >= 0.6 is 0 Å². The van der Waals surface area contributed by atoms with Crippen LogP contribution in [0.15, 0.2) is 0 Å². The zero-order chi connectivity index (χ0) is 13.8. The molecular formula is C15H26N2O2. The molecule has 0 aromatic carbocycles. The Morgan fingerprint density at radius 3 is 2.37 bits per heavy atom. The molecular weight excluding hydrogens is 240 g/mol. The van der Waals surface area contributed by atoms with Crippen molar-refractivity contribution >= 4 is 11.8 Å². The van der Waals surface area contributed by atoms with Gasteiger partial charge in [-0.3, -0.25) is 9.59 Å². The van der Waals surface area contributed by atoms with Crippen molar-refractivity contribution in [3.8, 4) is 0 Å². The van der Waals surface area contributed by atoms with E-state index in [0.29, 0.717) is 5.92 Å². The summed E-state index contributed by atoms with van der Waals surface area (Å²) in [5, 5.41) is 6.07. The third-order valence-corrected chi connectivity index (χ3v) is 4.27. The molecule has 1 heterocycles. The van der Waals surface area contributed by atoms with Crippen LogP contribution in [0.5, 0.6) is 0 Å². The fourth-order valence-electron chi connectivity index (χ4n) is 3.24. The van der Waals surface area contributed by atoms with Crippen molar-refractivity contribution < 1.29 is 9.59 Å². The smallest absolute Gasteiger partial charge is 0.242 e. The van der Waals surface area contributed by atoms with Crippen LogP contribution in [0.25, 0.3) is 0 Å². The SMILES string of the molecule is CC(C)C[C@@H]1NC(=O)C2CCCCCCC2NC1=O. The van der Waals surface area contributed by atoms with Gasteiger partial charge in [0.1, 0.15) is 6.04 Å². The summed E-state index contributed by atoms with van der Waals surface area (Å²) >= 11 is 0. The second-order valence-electron chi connectivity index (χ2n) is 6.40. The molecule has 19 heavy (non-hydrogen) atoms. The summed E-state index contributed by atoms with van der Waals surface area (Å²) < 4.78 is 0. The van der Waals surface area contributed by atoms with E-state index in [9.17, 15) is 9.59 Å². The number of hydrogen-bond acceptors (Lipinski definition) is 2. The summed E-state index contributed by atoms with van der Waals surface area (Å²) in [5.74, 6) is 0.467. The molecule has 2 fully saturated rings. The van der Waals surface area contributed by atoms with E-state index in [1.165, 1.54) is 12.8 Å². The number of nitrogens with one attached hydrogen (secondary N) is 2. The van der Waals surface area contributed by atoms with Gasteiger partial charge in [0.2, 0.25) is 11.8 Å². The van der Waals surface area contributed by atoms with Crippen molar-refractivity contribution in [3.05, 3.63) is 0 Å². The van der Waals surface area contributed by atoms with Crippen LogP contribution in [0.1, 0.15) is 58.8 Å². The highest BCUT2D eigenvalue weighted by atomic mass is 16.2. The van der Waals surface area contributed by atoms with E-state index < -0.39 is 0 Å². The maximum Gasteiger partial charge on any atom is 0.242 e. The molecule has 1 aliphatic heterocycles. The first-order valence-corrected chi connectivity index (χ1v) is 7.68.